The summed E-state index contributed by atoms with van der Waals surface area (Å²) in [7, 11) is 0. The van der Waals surface area contributed by atoms with Gasteiger partial charge in [0.1, 0.15) is 0 Å². The van der Waals surface area contributed by atoms with Crippen LogP contribution in [-0.4, -0.2) is 60.5 Å². The Labute approximate surface area is 206 Å². The third-order valence-corrected chi connectivity index (χ3v) is 6.61. The molecule has 4 rings (SSSR count). The normalized spacial score (nSPS) is 18.6. The first kappa shape index (κ1) is 24.7. The highest BCUT2D eigenvalue weighted by Crippen LogP contribution is 2.37. The van der Waals surface area contributed by atoms with Crippen LogP contribution in [0.3, 0.4) is 0 Å². The number of allylic oxidation sites excluding steroid dienone is 1. The van der Waals surface area contributed by atoms with E-state index in [0.29, 0.717) is 43.1 Å². The molecule has 184 valence electrons. The molecule has 0 aromatic heterocycles. The Balaban J connectivity index is 1.63. The van der Waals surface area contributed by atoms with E-state index in [-0.39, 0.29) is 37.3 Å². The average molecular weight is 477 g/mol. The standard InChI is InChI=1S/C28H32N2O5/c1-4-35-28(33)26-20(3)30(25(31)17-24(26)22-10-8-19(2)9-11-22)18-21-6-5-7-23(16-21)27(32)29-12-14-34-15-13-29/h5-11,16,24H,4,12-15,17-18H2,1-3H3. The lowest BCUT2D eigenvalue weighted by atomic mass is 9.83. The summed E-state index contributed by atoms with van der Waals surface area (Å²) in [6.45, 7) is 8.33. The van der Waals surface area contributed by atoms with Gasteiger partial charge in [0.25, 0.3) is 5.91 Å². The fraction of sp³-hybridized carbons (Fsp3) is 0.393. The van der Waals surface area contributed by atoms with Crippen LogP contribution in [0.5, 0.6) is 0 Å². The largest absolute Gasteiger partial charge is 0.463 e. The zero-order valence-electron chi connectivity index (χ0n) is 20.6. The second-order valence-electron chi connectivity index (χ2n) is 8.97. The van der Waals surface area contributed by atoms with Crippen LogP contribution in [-0.2, 0) is 25.6 Å². The number of morpholine rings is 1. The lowest BCUT2D eigenvalue weighted by Gasteiger charge is -2.34. The van der Waals surface area contributed by atoms with E-state index in [0.717, 1.165) is 16.7 Å². The van der Waals surface area contributed by atoms with Gasteiger partial charge < -0.3 is 19.3 Å². The van der Waals surface area contributed by atoms with Crippen LogP contribution in [0.15, 0.2) is 59.8 Å². The van der Waals surface area contributed by atoms with Crippen molar-refractivity contribution in [2.75, 3.05) is 32.9 Å². The summed E-state index contributed by atoms with van der Waals surface area (Å²) in [5, 5.41) is 0. The Hall–Kier alpha value is -3.45. The number of hydrogen-bond acceptors (Lipinski definition) is 5. The minimum absolute atomic E-state index is 0.0426. The fourth-order valence-electron chi connectivity index (χ4n) is 4.69. The van der Waals surface area contributed by atoms with E-state index < -0.39 is 5.97 Å². The van der Waals surface area contributed by atoms with Gasteiger partial charge in [-0.1, -0.05) is 42.0 Å². The van der Waals surface area contributed by atoms with Crippen LogP contribution in [0.2, 0.25) is 0 Å². The van der Waals surface area contributed by atoms with Crippen LogP contribution in [0.25, 0.3) is 0 Å². The minimum atomic E-state index is -0.399. The number of carbonyl (C=O) groups excluding carboxylic acids is 3. The number of nitrogens with zero attached hydrogens (tertiary/aromatic N) is 2. The summed E-state index contributed by atoms with van der Waals surface area (Å²) in [6, 6.07) is 15.3. The average Bonchev–Trinajstić information content (AvgIpc) is 2.87. The van der Waals surface area contributed by atoms with Crippen LogP contribution < -0.4 is 0 Å². The molecule has 7 nitrogen and oxygen atoms in total. The van der Waals surface area contributed by atoms with E-state index in [1.165, 1.54) is 0 Å². The maximum Gasteiger partial charge on any atom is 0.336 e. The molecule has 1 fully saturated rings. The number of benzene rings is 2. The molecule has 2 aromatic rings. The zero-order valence-corrected chi connectivity index (χ0v) is 20.6. The van der Waals surface area contributed by atoms with Crippen molar-refractivity contribution < 1.29 is 23.9 Å². The molecule has 1 saturated heterocycles. The van der Waals surface area contributed by atoms with E-state index in [2.05, 4.69) is 0 Å². The molecule has 2 aliphatic rings. The van der Waals surface area contributed by atoms with Gasteiger partial charge in [0, 0.05) is 36.7 Å². The number of carbonyl (C=O) groups is 3. The molecule has 2 heterocycles. The Morgan fingerprint density at radius 3 is 2.46 bits per heavy atom. The van der Waals surface area contributed by atoms with E-state index in [1.54, 1.807) is 29.7 Å². The lowest BCUT2D eigenvalue weighted by Crippen LogP contribution is -2.40. The molecule has 0 aliphatic carbocycles. The molecular weight excluding hydrogens is 444 g/mol. The highest BCUT2D eigenvalue weighted by molar-refractivity contribution is 5.96. The Kier molecular flexibility index (Phi) is 7.66. The van der Waals surface area contributed by atoms with Gasteiger partial charge in [0.15, 0.2) is 0 Å². The van der Waals surface area contributed by atoms with Crippen molar-refractivity contribution in [2.45, 2.75) is 39.7 Å². The van der Waals surface area contributed by atoms with Gasteiger partial charge in [-0.25, -0.2) is 4.79 Å². The molecule has 0 bridgehead atoms. The Bertz CT molecular complexity index is 1130. The maximum absolute atomic E-state index is 13.3. The smallest absolute Gasteiger partial charge is 0.336 e. The van der Waals surface area contributed by atoms with E-state index in [9.17, 15) is 14.4 Å². The van der Waals surface area contributed by atoms with Gasteiger partial charge in [0.2, 0.25) is 5.91 Å². The summed E-state index contributed by atoms with van der Waals surface area (Å²) < 4.78 is 10.7. The van der Waals surface area contributed by atoms with Crippen molar-refractivity contribution >= 4 is 17.8 Å². The summed E-state index contributed by atoms with van der Waals surface area (Å²) >= 11 is 0. The molecule has 0 spiro atoms. The molecule has 2 aliphatic heterocycles. The number of ether oxygens (including phenoxy) is 2. The summed E-state index contributed by atoms with van der Waals surface area (Å²) in [6.07, 6.45) is 0.181. The van der Waals surface area contributed by atoms with E-state index in [1.807, 2.05) is 49.4 Å². The van der Waals surface area contributed by atoms with Gasteiger partial charge >= 0.3 is 5.97 Å². The van der Waals surface area contributed by atoms with Crippen LogP contribution in [0, 0.1) is 6.92 Å². The number of esters is 1. The predicted molar refractivity (Wildman–Crippen MR) is 132 cm³/mol. The Morgan fingerprint density at radius 2 is 1.77 bits per heavy atom. The lowest BCUT2D eigenvalue weighted by molar-refractivity contribution is -0.140. The quantitative estimate of drug-likeness (QED) is 0.593. The second kappa shape index (κ2) is 10.9. The minimum Gasteiger partial charge on any atom is -0.463 e. The zero-order chi connectivity index (χ0) is 24.9. The highest BCUT2D eigenvalue weighted by atomic mass is 16.5. The maximum atomic E-state index is 13.3. The SMILES string of the molecule is CCOC(=O)C1=C(C)N(Cc2cccc(C(=O)N3CCOCC3)c2)C(=O)CC1c1ccc(C)cc1. The van der Waals surface area contributed by atoms with E-state index >= 15 is 0 Å². The summed E-state index contributed by atoms with van der Waals surface area (Å²) in [5.41, 5.74) is 4.55. The molecule has 2 aromatic carbocycles. The van der Waals surface area contributed by atoms with Crippen molar-refractivity contribution in [1.29, 1.82) is 0 Å². The third kappa shape index (κ3) is 5.46. The van der Waals surface area contributed by atoms with Gasteiger partial charge in [-0.3, -0.25) is 9.59 Å². The van der Waals surface area contributed by atoms with Gasteiger partial charge in [-0.15, -0.1) is 0 Å². The molecular formula is C28H32N2O5. The van der Waals surface area contributed by atoms with Crippen molar-refractivity contribution in [1.82, 2.24) is 9.80 Å². The molecule has 35 heavy (non-hydrogen) atoms. The third-order valence-electron chi connectivity index (χ3n) is 6.61. The molecule has 1 unspecified atom stereocenters. The number of rotatable bonds is 6. The summed E-state index contributed by atoms with van der Waals surface area (Å²) in [5.74, 6) is -0.859. The van der Waals surface area contributed by atoms with Gasteiger partial charge in [0.05, 0.1) is 31.9 Å². The monoisotopic (exact) mass is 476 g/mol. The van der Waals surface area contributed by atoms with Gasteiger partial charge in [-0.2, -0.15) is 0 Å². The van der Waals surface area contributed by atoms with Gasteiger partial charge in [-0.05, 0) is 44.0 Å². The molecule has 2 amide bonds. The Morgan fingerprint density at radius 1 is 1.06 bits per heavy atom. The number of amides is 2. The first-order valence-electron chi connectivity index (χ1n) is 12.1. The van der Waals surface area contributed by atoms with Crippen molar-refractivity contribution in [3.8, 4) is 0 Å². The highest BCUT2D eigenvalue weighted by Gasteiger charge is 2.37. The van der Waals surface area contributed by atoms with Crippen molar-refractivity contribution in [2.24, 2.45) is 0 Å². The fourth-order valence-corrected chi connectivity index (χ4v) is 4.69. The van der Waals surface area contributed by atoms with Crippen LogP contribution in [0.4, 0.5) is 0 Å². The predicted octanol–water partition coefficient (Wildman–Crippen LogP) is 3.82. The number of hydrogen-bond donors (Lipinski definition) is 0. The topological polar surface area (TPSA) is 76.2 Å². The van der Waals surface area contributed by atoms with Crippen molar-refractivity contribution in [3.63, 3.8) is 0 Å². The van der Waals surface area contributed by atoms with Crippen LogP contribution >= 0.6 is 0 Å². The van der Waals surface area contributed by atoms with E-state index in [4.69, 9.17) is 9.47 Å². The summed E-state index contributed by atoms with van der Waals surface area (Å²) in [4.78, 5) is 42.7. The molecule has 1 atom stereocenters. The van der Waals surface area contributed by atoms with Crippen molar-refractivity contribution in [3.05, 3.63) is 82.1 Å². The molecule has 0 saturated carbocycles. The number of aryl methyl sites for hydroxylation is 1. The molecule has 7 heteroatoms. The molecule has 0 radical (unpaired) electrons. The second-order valence-corrected chi connectivity index (χ2v) is 8.97. The van der Waals surface area contributed by atoms with Crippen LogP contribution in [0.1, 0.15) is 53.2 Å². The molecule has 0 N–H and O–H groups in total. The first-order valence-corrected chi connectivity index (χ1v) is 12.1. The first-order chi connectivity index (χ1) is 16.9.